The topological polar surface area (TPSA) is 12.0 Å². The van der Waals surface area contributed by atoms with E-state index < -0.39 is 0 Å². The summed E-state index contributed by atoms with van der Waals surface area (Å²) in [6.07, 6.45) is 2.21. The Kier molecular flexibility index (Phi) is 3.65. The van der Waals surface area contributed by atoms with Crippen molar-refractivity contribution in [3.8, 4) is 0 Å². The van der Waals surface area contributed by atoms with E-state index in [1.807, 2.05) is 13.8 Å². The van der Waals surface area contributed by atoms with Gasteiger partial charge >= 0.3 is 0 Å². The first kappa shape index (κ1) is 12.1. The van der Waals surface area contributed by atoms with Gasteiger partial charge in [0.25, 0.3) is 0 Å². The quantitative estimate of drug-likeness (QED) is 0.830. The smallest absolute Gasteiger partial charge is 0.130 e. The van der Waals surface area contributed by atoms with Gasteiger partial charge in [-0.3, -0.25) is 0 Å². The van der Waals surface area contributed by atoms with E-state index in [2.05, 4.69) is 27.3 Å². The van der Waals surface area contributed by atoms with Crippen molar-refractivity contribution in [1.82, 2.24) is 5.32 Å². The summed E-state index contributed by atoms with van der Waals surface area (Å²) in [4.78, 5) is 0. The van der Waals surface area contributed by atoms with Crippen molar-refractivity contribution in [3.05, 3.63) is 33.0 Å². The fourth-order valence-corrected chi connectivity index (χ4v) is 2.84. The maximum Gasteiger partial charge on any atom is 0.130 e. The monoisotopic (exact) mass is 285 g/mol. The Morgan fingerprint density at radius 1 is 1.25 bits per heavy atom. The third-order valence-electron chi connectivity index (χ3n) is 3.51. The molecule has 88 valence electrons. The molecule has 0 aliphatic carbocycles. The van der Waals surface area contributed by atoms with Crippen LogP contribution in [0.4, 0.5) is 4.39 Å². The van der Waals surface area contributed by atoms with Crippen molar-refractivity contribution in [2.75, 3.05) is 13.1 Å². The lowest BCUT2D eigenvalue weighted by Gasteiger charge is -2.25. The molecule has 0 unspecified atom stereocenters. The van der Waals surface area contributed by atoms with E-state index in [1.54, 1.807) is 0 Å². The Morgan fingerprint density at radius 3 is 2.50 bits per heavy atom. The van der Waals surface area contributed by atoms with Crippen LogP contribution in [0.3, 0.4) is 0 Å². The lowest BCUT2D eigenvalue weighted by molar-refractivity contribution is 0.456. The van der Waals surface area contributed by atoms with Crippen LogP contribution in [0.2, 0.25) is 0 Å². The third-order valence-corrected chi connectivity index (χ3v) is 4.33. The molecule has 0 saturated carbocycles. The molecule has 3 heteroatoms. The van der Waals surface area contributed by atoms with Crippen molar-refractivity contribution >= 4 is 15.9 Å². The van der Waals surface area contributed by atoms with E-state index in [0.29, 0.717) is 5.92 Å². The molecule has 1 aliphatic heterocycles. The highest BCUT2D eigenvalue weighted by molar-refractivity contribution is 9.10. The van der Waals surface area contributed by atoms with E-state index in [4.69, 9.17) is 0 Å². The first-order valence-corrected chi connectivity index (χ1v) is 6.56. The van der Waals surface area contributed by atoms with Crippen LogP contribution >= 0.6 is 15.9 Å². The minimum Gasteiger partial charge on any atom is -0.317 e. The van der Waals surface area contributed by atoms with E-state index in [9.17, 15) is 4.39 Å². The normalized spacial score (nSPS) is 17.8. The van der Waals surface area contributed by atoms with Crippen molar-refractivity contribution in [2.24, 2.45) is 0 Å². The number of nitrogens with one attached hydrogen (secondary N) is 1. The van der Waals surface area contributed by atoms with Crippen LogP contribution in [0.1, 0.15) is 35.4 Å². The highest BCUT2D eigenvalue weighted by atomic mass is 79.9. The molecule has 1 fully saturated rings. The maximum absolute atomic E-state index is 14.0. The van der Waals surface area contributed by atoms with Gasteiger partial charge in [-0.15, -0.1) is 0 Å². The number of hydrogen-bond donors (Lipinski definition) is 1. The van der Waals surface area contributed by atoms with Gasteiger partial charge in [-0.05, 0) is 68.5 Å². The summed E-state index contributed by atoms with van der Waals surface area (Å²) in [7, 11) is 0. The molecule has 0 amide bonds. The lowest BCUT2D eigenvalue weighted by atomic mass is 9.86. The maximum atomic E-state index is 14.0. The zero-order chi connectivity index (χ0) is 11.7. The van der Waals surface area contributed by atoms with Crippen molar-refractivity contribution in [2.45, 2.75) is 32.6 Å². The van der Waals surface area contributed by atoms with Crippen LogP contribution in [0, 0.1) is 19.7 Å². The molecule has 0 atom stereocenters. The molecule has 0 spiro atoms. The minimum absolute atomic E-state index is 0.0529. The van der Waals surface area contributed by atoms with Gasteiger partial charge in [0, 0.05) is 4.47 Å². The molecule has 1 aromatic rings. The van der Waals surface area contributed by atoms with E-state index >= 15 is 0 Å². The second-order valence-corrected chi connectivity index (χ2v) is 5.39. The molecule has 16 heavy (non-hydrogen) atoms. The largest absolute Gasteiger partial charge is 0.317 e. The molecule has 0 aromatic heterocycles. The Morgan fingerprint density at radius 2 is 1.88 bits per heavy atom. The van der Waals surface area contributed by atoms with E-state index in [0.717, 1.165) is 41.5 Å². The summed E-state index contributed by atoms with van der Waals surface area (Å²) < 4.78 is 14.9. The molecule has 1 aliphatic rings. The zero-order valence-corrected chi connectivity index (χ0v) is 11.3. The van der Waals surface area contributed by atoms with Gasteiger partial charge in [-0.25, -0.2) is 4.39 Å². The van der Waals surface area contributed by atoms with Crippen LogP contribution in [-0.2, 0) is 0 Å². The highest BCUT2D eigenvalue weighted by Crippen LogP contribution is 2.33. The predicted molar refractivity (Wildman–Crippen MR) is 68.4 cm³/mol. The summed E-state index contributed by atoms with van der Waals surface area (Å²) in [5, 5.41) is 3.34. The standard InChI is InChI=1S/C13H17BrFN/c1-8-11(10-3-5-16-6-4-10)7-12(14)9(2)13(8)15/h7,10,16H,3-6H2,1-2H3. The number of hydrogen-bond acceptors (Lipinski definition) is 1. The molecule has 1 aromatic carbocycles. The molecule has 1 nitrogen and oxygen atoms in total. The van der Waals surface area contributed by atoms with Crippen LogP contribution in [0.5, 0.6) is 0 Å². The number of halogens is 2. The summed E-state index contributed by atoms with van der Waals surface area (Å²) in [5.74, 6) is 0.454. The summed E-state index contributed by atoms with van der Waals surface area (Å²) in [6.45, 7) is 5.79. The van der Waals surface area contributed by atoms with Gasteiger partial charge in [0.2, 0.25) is 0 Å². The van der Waals surface area contributed by atoms with Crippen LogP contribution in [0.25, 0.3) is 0 Å². The highest BCUT2D eigenvalue weighted by Gasteiger charge is 2.20. The summed E-state index contributed by atoms with van der Waals surface area (Å²) in [5.41, 5.74) is 2.72. The van der Waals surface area contributed by atoms with E-state index in [-0.39, 0.29) is 5.82 Å². The molecule has 2 rings (SSSR count). The van der Waals surface area contributed by atoms with Crippen LogP contribution in [0.15, 0.2) is 10.5 Å². The Balaban J connectivity index is 2.40. The average Bonchev–Trinajstić information content (AvgIpc) is 2.32. The summed E-state index contributed by atoms with van der Waals surface area (Å²) >= 11 is 3.44. The second-order valence-electron chi connectivity index (χ2n) is 4.54. The second kappa shape index (κ2) is 4.84. The van der Waals surface area contributed by atoms with Crippen molar-refractivity contribution in [1.29, 1.82) is 0 Å². The average molecular weight is 286 g/mol. The summed E-state index contributed by atoms with van der Waals surface area (Å²) in [6, 6.07) is 2.10. The molecule has 1 heterocycles. The van der Waals surface area contributed by atoms with Crippen molar-refractivity contribution < 1.29 is 4.39 Å². The van der Waals surface area contributed by atoms with E-state index in [1.165, 1.54) is 5.56 Å². The zero-order valence-electron chi connectivity index (χ0n) is 9.74. The van der Waals surface area contributed by atoms with Crippen molar-refractivity contribution in [3.63, 3.8) is 0 Å². The Hall–Kier alpha value is -0.410. The number of piperidine rings is 1. The number of benzene rings is 1. The molecule has 1 N–H and O–H groups in total. The third kappa shape index (κ3) is 2.16. The van der Waals surface area contributed by atoms with Gasteiger partial charge in [-0.2, -0.15) is 0 Å². The molecule has 0 radical (unpaired) electrons. The van der Waals surface area contributed by atoms with Crippen LogP contribution < -0.4 is 5.32 Å². The SMILES string of the molecule is Cc1c(Br)cc(C2CCNCC2)c(C)c1F. The Bertz CT molecular complexity index is 397. The van der Waals surface area contributed by atoms with Gasteiger partial charge in [-0.1, -0.05) is 15.9 Å². The molecule has 0 bridgehead atoms. The van der Waals surface area contributed by atoms with Crippen LogP contribution in [-0.4, -0.2) is 13.1 Å². The lowest BCUT2D eigenvalue weighted by Crippen LogP contribution is -2.27. The minimum atomic E-state index is -0.0529. The van der Waals surface area contributed by atoms with Gasteiger partial charge in [0.05, 0.1) is 0 Å². The predicted octanol–water partition coefficient (Wildman–Crippen LogP) is 3.67. The Labute approximate surface area is 105 Å². The number of rotatable bonds is 1. The first-order valence-electron chi connectivity index (χ1n) is 5.77. The van der Waals surface area contributed by atoms with Gasteiger partial charge in [0.15, 0.2) is 0 Å². The van der Waals surface area contributed by atoms with Gasteiger partial charge < -0.3 is 5.32 Å². The molecular weight excluding hydrogens is 269 g/mol. The molecular formula is C13H17BrFN. The van der Waals surface area contributed by atoms with Gasteiger partial charge in [0.1, 0.15) is 5.82 Å². The fourth-order valence-electron chi connectivity index (χ4n) is 2.42. The fraction of sp³-hybridized carbons (Fsp3) is 0.538. The molecule has 1 saturated heterocycles. The first-order chi connectivity index (χ1) is 7.61.